The number of benzene rings is 2. The van der Waals surface area contributed by atoms with Gasteiger partial charge >= 0.3 is 0 Å². The largest absolute Gasteiger partial charge is 0.369 e. The van der Waals surface area contributed by atoms with Crippen molar-refractivity contribution in [2.45, 2.75) is 6.92 Å². The van der Waals surface area contributed by atoms with Gasteiger partial charge in [0, 0.05) is 0 Å². The van der Waals surface area contributed by atoms with Gasteiger partial charge in [-0.3, -0.25) is 4.57 Å². The number of aryl methyl sites for hydroxylation is 1. The molecule has 2 aromatic carbocycles. The summed E-state index contributed by atoms with van der Waals surface area (Å²) >= 11 is 0. The van der Waals surface area contributed by atoms with Crippen LogP contribution >= 0.6 is 0 Å². The normalized spacial score (nSPS) is 10.7. The first-order valence-corrected chi connectivity index (χ1v) is 6.05. The fraction of sp³-hybridized carbons (Fsp3) is 0.0667. The number of para-hydroxylation sites is 1. The van der Waals surface area contributed by atoms with E-state index in [0.29, 0.717) is 27.8 Å². The van der Waals surface area contributed by atoms with Gasteiger partial charge in [0.25, 0.3) is 0 Å². The Balaban J connectivity index is 2.34. The quantitative estimate of drug-likeness (QED) is 0.736. The highest BCUT2D eigenvalue weighted by Gasteiger charge is 2.13. The number of nitriles is 1. The number of fused-ring (bicyclic) bond motifs is 1. The number of halogens is 1. The Bertz CT molecular complexity index is 858. The Hall–Kier alpha value is -2.87. The Morgan fingerprint density at radius 3 is 2.80 bits per heavy atom. The van der Waals surface area contributed by atoms with Gasteiger partial charge in [0.1, 0.15) is 17.4 Å². The van der Waals surface area contributed by atoms with E-state index in [4.69, 9.17) is 11.0 Å². The second kappa shape index (κ2) is 4.35. The van der Waals surface area contributed by atoms with E-state index in [0.717, 1.165) is 0 Å². The van der Waals surface area contributed by atoms with E-state index in [1.807, 2.05) is 0 Å². The zero-order chi connectivity index (χ0) is 14.3. The van der Waals surface area contributed by atoms with Gasteiger partial charge in [-0.15, -0.1) is 0 Å². The molecule has 5 heteroatoms. The SMILES string of the molecule is Cc1ccc(-n2c(N)nc3c(C#N)cccc32)cc1F. The molecule has 0 saturated carbocycles. The van der Waals surface area contributed by atoms with Crippen LogP contribution < -0.4 is 5.73 Å². The van der Waals surface area contributed by atoms with Crippen LogP contribution in [0.25, 0.3) is 16.7 Å². The molecule has 20 heavy (non-hydrogen) atoms. The third-order valence-electron chi connectivity index (χ3n) is 3.25. The van der Waals surface area contributed by atoms with Crippen molar-refractivity contribution in [2.24, 2.45) is 0 Å². The molecule has 0 aliphatic carbocycles. The summed E-state index contributed by atoms with van der Waals surface area (Å²) in [5.41, 5.74) is 8.72. The van der Waals surface area contributed by atoms with Crippen LogP contribution in [0.15, 0.2) is 36.4 Å². The molecule has 0 bridgehead atoms. The Morgan fingerprint density at radius 2 is 2.10 bits per heavy atom. The number of imidazole rings is 1. The number of nitrogens with zero attached hydrogens (tertiary/aromatic N) is 3. The molecule has 0 atom stereocenters. The van der Waals surface area contributed by atoms with Gasteiger partial charge in [0.2, 0.25) is 5.95 Å². The zero-order valence-electron chi connectivity index (χ0n) is 10.8. The summed E-state index contributed by atoms with van der Waals surface area (Å²) in [5, 5.41) is 9.09. The molecule has 1 heterocycles. The standard InChI is InChI=1S/C15H11FN4/c1-9-5-6-11(7-12(9)16)20-13-4-2-3-10(8-17)14(13)19-15(20)18/h2-7H,1H3,(H2,18,19). The van der Waals surface area contributed by atoms with Crippen molar-refractivity contribution in [2.75, 3.05) is 5.73 Å². The van der Waals surface area contributed by atoms with Crippen LogP contribution in [0.1, 0.15) is 11.1 Å². The number of nitrogen functional groups attached to an aromatic ring is 1. The van der Waals surface area contributed by atoms with Gasteiger partial charge in [-0.2, -0.15) is 5.26 Å². The molecular formula is C15H11FN4. The molecule has 0 aliphatic heterocycles. The summed E-state index contributed by atoms with van der Waals surface area (Å²) in [6, 6.07) is 12.2. The molecule has 3 aromatic rings. The van der Waals surface area contributed by atoms with Crippen molar-refractivity contribution >= 4 is 17.0 Å². The van der Waals surface area contributed by atoms with E-state index in [1.165, 1.54) is 6.07 Å². The van der Waals surface area contributed by atoms with Gasteiger partial charge in [-0.25, -0.2) is 9.37 Å². The first kappa shape index (κ1) is 12.2. The number of anilines is 1. The lowest BCUT2D eigenvalue weighted by Crippen LogP contribution is -2.01. The summed E-state index contributed by atoms with van der Waals surface area (Å²) in [4.78, 5) is 4.21. The number of aromatic nitrogens is 2. The van der Waals surface area contributed by atoms with E-state index < -0.39 is 0 Å². The van der Waals surface area contributed by atoms with E-state index in [2.05, 4.69) is 11.1 Å². The monoisotopic (exact) mass is 266 g/mol. The van der Waals surface area contributed by atoms with Crippen molar-refractivity contribution in [1.29, 1.82) is 5.26 Å². The molecule has 1 aromatic heterocycles. The summed E-state index contributed by atoms with van der Waals surface area (Å²) < 4.78 is 15.4. The Kier molecular flexibility index (Phi) is 2.65. The highest BCUT2D eigenvalue weighted by atomic mass is 19.1. The van der Waals surface area contributed by atoms with Crippen molar-refractivity contribution in [3.05, 3.63) is 53.3 Å². The lowest BCUT2D eigenvalue weighted by molar-refractivity contribution is 0.617. The fourth-order valence-corrected chi connectivity index (χ4v) is 2.20. The smallest absolute Gasteiger partial charge is 0.205 e. The first-order valence-electron chi connectivity index (χ1n) is 6.05. The second-order valence-corrected chi connectivity index (χ2v) is 4.52. The minimum atomic E-state index is -0.305. The highest BCUT2D eigenvalue weighted by molar-refractivity contribution is 5.85. The van der Waals surface area contributed by atoms with Crippen LogP contribution in [0.4, 0.5) is 10.3 Å². The van der Waals surface area contributed by atoms with Gasteiger partial charge in [0.05, 0.1) is 16.8 Å². The lowest BCUT2D eigenvalue weighted by Gasteiger charge is -2.07. The van der Waals surface area contributed by atoms with Gasteiger partial charge < -0.3 is 5.73 Å². The minimum Gasteiger partial charge on any atom is -0.369 e. The van der Waals surface area contributed by atoms with Crippen LogP contribution in [0.3, 0.4) is 0 Å². The van der Waals surface area contributed by atoms with Crippen LogP contribution in [-0.4, -0.2) is 9.55 Å². The molecule has 2 N–H and O–H groups in total. The van der Waals surface area contributed by atoms with Crippen molar-refractivity contribution < 1.29 is 4.39 Å². The molecule has 0 saturated heterocycles. The molecule has 0 unspecified atom stereocenters. The molecule has 0 radical (unpaired) electrons. The molecule has 0 fully saturated rings. The number of rotatable bonds is 1. The number of nitrogens with two attached hydrogens (primary N) is 1. The van der Waals surface area contributed by atoms with Crippen molar-refractivity contribution in [3.63, 3.8) is 0 Å². The Morgan fingerprint density at radius 1 is 1.30 bits per heavy atom. The first-order chi connectivity index (χ1) is 9.61. The molecular weight excluding hydrogens is 255 g/mol. The molecule has 0 aliphatic rings. The zero-order valence-corrected chi connectivity index (χ0v) is 10.8. The maximum atomic E-state index is 13.7. The van der Waals surface area contributed by atoms with Crippen LogP contribution in [-0.2, 0) is 0 Å². The molecule has 0 amide bonds. The summed E-state index contributed by atoms with van der Waals surface area (Å²) in [6.45, 7) is 1.70. The third-order valence-corrected chi connectivity index (χ3v) is 3.25. The van der Waals surface area contributed by atoms with E-state index in [-0.39, 0.29) is 11.8 Å². The molecule has 4 nitrogen and oxygen atoms in total. The molecule has 98 valence electrons. The van der Waals surface area contributed by atoms with E-state index in [1.54, 1.807) is 41.8 Å². The van der Waals surface area contributed by atoms with Crippen molar-refractivity contribution in [3.8, 4) is 11.8 Å². The second-order valence-electron chi connectivity index (χ2n) is 4.52. The van der Waals surface area contributed by atoms with Gasteiger partial charge in [0.15, 0.2) is 0 Å². The summed E-state index contributed by atoms with van der Waals surface area (Å²) in [7, 11) is 0. The highest BCUT2D eigenvalue weighted by Crippen LogP contribution is 2.26. The van der Waals surface area contributed by atoms with Gasteiger partial charge in [-0.1, -0.05) is 12.1 Å². The lowest BCUT2D eigenvalue weighted by atomic mass is 10.2. The van der Waals surface area contributed by atoms with Crippen molar-refractivity contribution in [1.82, 2.24) is 9.55 Å². The van der Waals surface area contributed by atoms with Crippen LogP contribution in [0, 0.1) is 24.1 Å². The van der Waals surface area contributed by atoms with Crippen LogP contribution in [0.2, 0.25) is 0 Å². The van der Waals surface area contributed by atoms with E-state index >= 15 is 0 Å². The maximum Gasteiger partial charge on any atom is 0.205 e. The summed E-state index contributed by atoms with van der Waals surface area (Å²) in [5.74, 6) is -0.0776. The van der Waals surface area contributed by atoms with Crippen LogP contribution in [0.5, 0.6) is 0 Å². The van der Waals surface area contributed by atoms with E-state index in [9.17, 15) is 4.39 Å². The maximum absolute atomic E-state index is 13.7. The number of hydrogen-bond donors (Lipinski definition) is 1. The predicted molar refractivity (Wildman–Crippen MR) is 74.9 cm³/mol. The average molecular weight is 266 g/mol. The molecule has 0 spiro atoms. The fourth-order valence-electron chi connectivity index (χ4n) is 2.20. The Labute approximate surface area is 114 Å². The topological polar surface area (TPSA) is 67.6 Å². The van der Waals surface area contributed by atoms with Gasteiger partial charge in [-0.05, 0) is 36.8 Å². The number of hydrogen-bond acceptors (Lipinski definition) is 3. The molecule has 3 rings (SSSR count). The predicted octanol–water partition coefficient (Wildman–Crippen LogP) is 2.93. The third kappa shape index (κ3) is 1.70. The minimum absolute atomic E-state index is 0.228. The summed E-state index contributed by atoms with van der Waals surface area (Å²) in [6.07, 6.45) is 0. The average Bonchev–Trinajstić information content (AvgIpc) is 2.78.